The molecule has 1 heterocycles. The molecule has 0 spiro atoms. The maximum atomic E-state index is 11.7. The Kier molecular flexibility index (Phi) is 5.04. The number of nitrogens with zero attached hydrogens (tertiary/aromatic N) is 2. The van der Waals surface area contributed by atoms with Crippen LogP contribution in [0.3, 0.4) is 0 Å². The third-order valence-electron chi connectivity index (χ3n) is 4.53. The highest BCUT2D eigenvalue weighted by atomic mass is 16.4. The zero-order chi connectivity index (χ0) is 15.5. The van der Waals surface area contributed by atoms with E-state index in [-0.39, 0.29) is 6.54 Å². The number of carboxylic acid groups (broad SMARTS) is 1. The second-order valence-corrected chi connectivity index (χ2v) is 6.79. The highest BCUT2D eigenvalue weighted by Gasteiger charge is 2.38. The van der Waals surface area contributed by atoms with E-state index in [1.807, 2.05) is 30.8 Å². The second kappa shape index (κ2) is 6.60. The van der Waals surface area contributed by atoms with Crippen LogP contribution >= 0.6 is 0 Å². The third-order valence-corrected chi connectivity index (χ3v) is 4.53. The van der Waals surface area contributed by atoms with Crippen LogP contribution in [0.5, 0.6) is 0 Å². The van der Waals surface area contributed by atoms with E-state index in [9.17, 15) is 9.90 Å². The van der Waals surface area contributed by atoms with Gasteiger partial charge in [0.2, 0.25) is 0 Å². The molecule has 21 heavy (non-hydrogen) atoms. The van der Waals surface area contributed by atoms with Gasteiger partial charge in [0.25, 0.3) is 0 Å². The molecular formula is C16H27N3O2. The smallest absolute Gasteiger partial charge is 0.311 e. The first kappa shape index (κ1) is 16.0. The van der Waals surface area contributed by atoms with E-state index in [0.717, 1.165) is 5.69 Å². The van der Waals surface area contributed by atoms with Crippen LogP contribution in [0, 0.1) is 11.3 Å². The normalized spacial score (nSPS) is 19.0. The summed E-state index contributed by atoms with van der Waals surface area (Å²) in [5, 5.41) is 14.3. The molecule has 1 aromatic rings. The first-order chi connectivity index (χ1) is 9.97. The monoisotopic (exact) mass is 293 g/mol. The SMILES string of the molecule is CC(C)CC(CN)(Cc1ccn(C2CCCC2)n1)C(=O)O. The lowest BCUT2D eigenvalue weighted by molar-refractivity contribution is -0.149. The topological polar surface area (TPSA) is 81.1 Å². The Morgan fingerprint density at radius 1 is 1.52 bits per heavy atom. The Morgan fingerprint density at radius 2 is 2.19 bits per heavy atom. The molecule has 1 aromatic heterocycles. The molecule has 0 aliphatic heterocycles. The highest BCUT2D eigenvalue weighted by molar-refractivity contribution is 5.75. The first-order valence-corrected chi connectivity index (χ1v) is 7.94. The molecule has 1 aliphatic carbocycles. The first-order valence-electron chi connectivity index (χ1n) is 7.94. The van der Waals surface area contributed by atoms with Gasteiger partial charge in [-0.25, -0.2) is 0 Å². The van der Waals surface area contributed by atoms with Crippen molar-refractivity contribution in [2.45, 2.75) is 58.4 Å². The number of hydrogen-bond donors (Lipinski definition) is 2. The van der Waals surface area contributed by atoms with Crippen LogP contribution in [-0.4, -0.2) is 27.4 Å². The van der Waals surface area contributed by atoms with Gasteiger partial charge >= 0.3 is 5.97 Å². The van der Waals surface area contributed by atoms with Crippen molar-refractivity contribution >= 4 is 5.97 Å². The molecule has 1 saturated carbocycles. The van der Waals surface area contributed by atoms with Crippen LogP contribution in [0.4, 0.5) is 0 Å². The van der Waals surface area contributed by atoms with Gasteiger partial charge in [-0.3, -0.25) is 9.48 Å². The van der Waals surface area contributed by atoms with Gasteiger partial charge < -0.3 is 10.8 Å². The average molecular weight is 293 g/mol. The number of aliphatic carboxylic acids is 1. The Hall–Kier alpha value is -1.36. The van der Waals surface area contributed by atoms with Gasteiger partial charge in [-0.1, -0.05) is 26.7 Å². The Balaban J connectivity index is 2.14. The van der Waals surface area contributed by atoms with E-state index in [1.54, 1.807) is 0 Å². The summed E-state index contributed by atoms with van der Waals surface area (Å²) < 4.78 is 2.01. The summed E-state index contributed by atoms with van der Waals surface area (Å²) in [6, 6.07) is 2.44. The molecule has 0 saturated heterocycles. The second-order valence-electron chi connectivity index (χ2n) is 6.79. The fourth-order valence-corrected chi connectivity index (χ4v) is 3.45. The number of hydrogen-bond acceptors (Lipinski definition) is 3. The van der Waals surface area contributed by atoms with E-state index in [4.69, 9.17) is 5.73 Å². The molecule has 0 aromatic carbocycles. The standard InChI is InChI=1S/C16H27N3O2/c1-12(2)9-16(11-17,15(20)21)10-13-7-8-19(18-13)14-5-3-4-6-14/h7-8,12,14H,3-6,9-11,17H2,1-2H3,(H,20,21). The molecule has 0 radical (unpaired) electrons. The van der Waals surface area contributed by atoms with Crippen LogP contribution in [0.15, 0.2) is 12.3 Å². The van der Waals surface area contributed by atoms with Gasteiger partial charge in [0.05, 0.1) is 17.2 Å². The van der Waals surface area contributed by atoms with Gasteiger partial charge in [0.15, 0.2) is 0 Å². The molecule has 118 valence electrons. The molecule has 3 N–H and O–H groups in total. The molecule has 1 unspecified atom stereocenters. The summed E-state index contributed by atoms with van der Waals surface area (Å²) in [4.78, 5) is 11.7. The predicted molar refractivity (Wildman–Crippen MR) is 82.0 cm³/mol. The van der Waals surface area contributed by atoms with E-state index >= 15 is 0 Å². The lowest BCUT2D eigenvalue weighted by atomic mass is 9.76. The van der Waals surface area contributed by atoms with Gasteiger partial charge in [-0.05, 0) is 31.2 Å². The fraction of sp³-hybridized carbons (Fsp3) is 0.750. The number of carbonyl (C=O) groups is 1. The number of carboxylic acids is 1. The van der Waals surface area contributed by atoms with Crippen LogP contribution in [0.25, 0.3) is 0 Å². The average Bonchev–Trinajstić information content (AvgIpc) is 3.07. The lowest BCUT2D eigenvalue weighted by Crippen LogP contribution is -2.42. The van der Waals surface area contributed by atoms with Crippen molar-refractivity contribution in [3.63, 3.8) is 0 Å². The van der Waals surface area contributed by atoms with Crippen molar-refractivity contribution in [3.8, 4) is 0 Å². The van der Waals surface area contributed by atoms with Crippen molar-refractivity contribution in [1.29, 1.82) is 0 Å². The molecule has 1 atom stereocenters. The Morgan fingerprint density at radius 3 is 2.71 bits per heavy atom. The van der Waals surface area contributed by atoms with Crippen molar-refractivity contribution in [3.05, 3.63) is 18.0 Å². The van der Waals surface area contributed by atoms with E-state index in [0.29, 0.717) is 24.8 Å². The molecule has 2 rings (SSSR count). The third kappa shape index (κ3) is 3.64. The van der Waals surface area contributed by atoms with Gasteiger partial charge in [-0.15, -0.1) is 0 Å². The lowest BCUT2D eigenvalue weighted by Gasteiger charge is -2.29. The van der Waals surface area contributed by atoms with E-state index in [2.05, 4.69) is 5.10 Å². The largest absolute Gasteiger partial charge is 0.481 e. The minimum Gasteiger partial charge on any atom is -0.481 e. The van der Waals surface area contributed by atoms with Crippen LogP contribution in [0.1, 0.15) is 57.7 Å². The zero-order valence-corrected chi connectivity index (χ0v) is 13.1. The zero-order valence-electron chi connectivity index (χ0n) is 13.1. The molecule has 0 amide bonds. The Bertz CT molecular complexity index is 478. The number of nitrogens with two attached hydrogens (primary N) is 1. The maximum Gasteiger partial charge on any atom is 0.311 e. The van der Waals surface area contributed by atoms with E-state index < -0.39 is 11.4 Å². The maximum absolute atomic E-state index is 11.7. The molecular weight excluding hydrogens is 266 g/mol. The minimum absolute atomic E-state index is 0.150. The predicted octanol–water partition coefficient (Wildman–Crippen LogP) is 2.62. The van der Waals surface area contributed by atoms with Gasteiger partial charge in [-0.2, -0.15) is 5.10 Å². The van der Waals surface area contributed by atoms with Crippen molar-refractivity contribution in [2.24, 2.45) is 17.1 Å². The van der Waals surface area contributed by atoms with Crippen molar-refractivity contribution in [2.75, 3.05) is 6.54 Å². The summed E-state index contributed by atoms with van der Waals surface area (Å²) in [7, 11) is 0. The molecule has 5 nitrogen and oxygen atoms in total. The summed E-state index contributed by atoms with van der Waals surface area (Å²) in [5.74, 6) is -0.518. The van der Waals surface area contributed by atoms with Crippen molar-refractivity contribution in [1.82, 2.24) is 9.78 Å². The van der Waals surface area contributed by atoms with Crippen molar-refractivity contribution < 1.29 is 9.90 Å². The molecule has 1 aliphatic rings. The summed E-state index contributed by atoms with van der Waals surface area (Å²) in [6.45, 7) is 4.21. The van der Waals surface area contributed by atoms with Crippen LogP contribution in [-0.2, 0) is 11.2 Å². The number of rotatable bonds is 7. The summed E-state index contributed by atoms with van der Waals surface area (Å²) >= 11 is 0. The van der Waals surface area contributed by atoms with Crippen LogP contribution in [0.2, 0.25) is 0 Å². The van der Waals surface area contributed by atoms with Gasteiger partial charge in [0, 0.05) is 19.2 Å². The van der Waals surface area contributed by atoms with Gasteiger partial charge in [0.1, 0.15) is 0 Å². The fourth-order valence-electron chi connectivity index (χ4n) is 3.45. The quantitative estimate of drug-likeness (QED) is 0.809. The van der Waals surface area contributed by atoms with E-state index in [1.165, 1.54) is 25.7 Å². The summed E-state index contributed by atoms with van der Waals surface area (Å²) in [6.07, 6.45) is 7.85. The minimum atomic E-state index is -0.900. The molecule has 1 fully saturated rings. The number of aromatic nitrogens is 2. The molecule has 0 bridgehead atoms. The van der Waals surface area contributed by atoms with Crippen LogP contribution < -0.4 is 5.73 Å². The highest BCUT2D eigenvalue weighted by Crippen LogP contribution is 2.32. The summed E-state index contributed by atoms with van der Waals surface area (Å²) in [5.41, 5.74) is 5.76. The molecule has 5 heteroatoms. The Labute approximate surface area is 126 Å².